The number of nitrogens with one attached hydrogen (secondary N) is 1. The van der Waals surface area contributed by atoms with Gasteiger partial charge in [0.2, 0.25) is 10.0 Å². The van der Waals surface area contributed by atoms with Gasteiger partial charge in [-0.15, -0.1) is 0 Å². The second-order valence-electron chi connectivity index (χ2n) is 5.28. The highest BCUT2D eigenvalue weighted by Crippen LogP contribution is 2.23. The normalized spacial score (nSPS) is 12.9. The smallest absolute Gasteiger partial charge is 0.244 e. The van der Waals surface area contributed by atoms with Crippen LogP contribution in [0.15, 0.2) is 70.6 Å². The minimum atomic E-state index is -4.08. The average Bonchev–Trinajstić information content (AvgIpc) is 3.10. The van der Waals surface area contributed by atoms with Gasteiger partial charge in [0, 0.05) is 4.47 Å². The highest BCUT2D eigenvalue weighted by Gasteiger charge is 2.25. The lowest BCUT2D eigenvalue weighted by Crippen LogP contribution is -2.32. The quantitative estimate of drug-likeness (QED) is 0.659. The fourth-order valence-corrected chi connectivity index (χ4v) is 4.18. The minimum Gasteiger partial charge on any atom is -0.251 e. The number of benzene rings is 2. The lowest BCUT2D eigenvalue weighted by Gasteiger charge is -2.19. The first-order chi connectivity index (χ1) is 12.0. The average molecular weight is 425 g/mol. The molecule has 1 heterocycles. The van der Waals surface area contributed by atoms with E-state index in [1.54, 1.807) is 24.3 Å². The van der Waals surface area contributed by atoms with Crippen molar-refractivity contribution < 1.29 is 12.8 Å². The molecule has 9 heteroatoms. The summed E-state index contributed by atoms with van der Waals surface area (Å²) in [6.07, 6.45) is 2.86. The van der Waals surface area contributed by atoms with E-state index >= 15 is 0 Å². The van der Waals surface area contributed by atoms with Crippen molar-refractivity contribution in [3.63, 3.8) is 0 Å². The van der Waals surface area contributed by atoms with Crippen molar-refractivity contribution in [3.05, 3.63) is 77.0 Å². The van der Waals surface area contributed by atoms with Gasteiger partial charge in [0.15, 0.2) is 0 Å². The van der Waals surface area contributed by atoms with Gasteiger partial charge in [-0.05, 0) is 23.8 Å². The van der Waals surface area contributed by atoms with Gasteiger partial charge in [-0.1, -0.05) is 46.3 Å². The summed E-state index contributed by atoms with van der Waals surface area (Å²) in [6, 6.07) is 12.2. The Balaban J connectivity index is 1.95. The van der Waals surface area contributed by atoms with Gasteiger partial charge in [0.05, 0.1) is 12.6 Å². The van der Waals surface area contributed by atoms with E-state index in [4.69, 9.17) is 0 Å². The molecular formula is C16H14BrFN4O2S. The minimum absolute atomic E-state index is 0.221. The zero-order valence-electron chi connectivity index (χ0n) is 12.9. The van der Waals surface area contributed by atoms with Crippen LogP contribution in [0.2, 0.25) is 0 Å². The lowest BCUT2D eigenvalue weighted by atomic mass is 10.1. The number of halogens is 2. The number of hydrogen-bond donors (Lipinski definition) is 1. The Morgan fingerprint density at radius 3 is 2.64 bits per heavy atom. The van der Waals surface area contributed by atoms with Crippen LogP contribution in [-0.4, -0.2) is 23.2 Å². The molecule has 0 amide bonds. The second-order valence-corrected chi connectivity index (χ2v) is 7.87. The second kappa shape index (κ2) is 7.42. The van der Waals surface area contributed by atoms with Crippen LogP contribution in [0.3, 0.4) is 0 Å². The Morgan fingerprint density at radius 1 is 1.20 bits per heavy atom. The van der Waals surface area contributed by atoms with E-state index in [0.717, 1.165) is 11.6 Å². The highest BCUT2D eigenvalue weighted by atomic mass is 79.9. The summed E-state index contributed by atoms with van der Waals surface area (Å²) in [5.41, 5.74) is 0.733. The van der Waals surface area contributed by atoms with Gasteiger partial charge in [-0.3, -0.25) is 4.68 Å². The molecule has 0 saturated heterocycles. The molecule has 1 aromatic heterocycles. The molecule has 130 valence electrons. The van der Waals surface area contributed by atoms with Crippen LogP contribution in [0.5, 0.6) is 0 Å². The lowest BCUT2D eigenvalue weighted by molar-refractivity contribution is 0.479. The third-order valence-electron chi connectivity index (χ3n) is 3.52. The van der Waals surface area contributed by atoms with Gasteiger partial charge in [-0.25, -0.2) is 22.5 Å². The van der Waals surface area contributed by atoms with Gasteiger partial charge >= 0.3 is 0 Å². The number of aromatic nitrogens is 3. The first-order valence-corrected chi connectivity index (χ1v) is 9.58. The Labute approximate surface area is 152 Å². The van der Waals surface area contributed by atoms with Crippen molar-refractivity contribution in [2.75, 3.05) is 0 Å². The van der Waals surface area contributed by atoms with Gasteiger partial charge in [-0.2, -0.15) is 5.10 Å². The maximum atomic E-state index is 14.0. The molecule has 3 aromatic rings. The zero-order valence-corrected chi connectivity index (χ0v) is 15.3. The molecule has 3 rings (SSSR count). The van der Waals surface area contributed by atoms with Crippen molar-refractivity contribution >= 4 is 26.0 Å². The summed E-state index contributed by atoms with van der Waals surface area (Å²) in [6.45, 7) is 0.221. The van der Waals surface area contributed by atoms with Gasteiger partial charge in [0.1, 0.15) is 23.4 Å². The van der Waals surface area contributed by atoms with Crippen molar-refractivity contribution in [3.8, 4) is 0 Å². The summed E-state index contributed by atoms with van der Waals surface area (Å²) >= 11 is 3.17. The number of rotatable bonds is 6. The predicted octanol–water partition coefficient (Wildman–Crippen LogP) is 2.90. The molecule has 2 aromatic carbocycles. The first kappa shape index (κ1) is 17.7. The molecule has 0 aliphatic carbocycles. The summed E-state index contributed by atoms with van der Waals surface area (Å²) in [5, 5.41) is 4.01. The van der Waals surface area contributed by atoms with Gasteiger partial charge in [0.25, 0.3) is 0 Å². The molecule has 0 saturated carbocycles. The molecule has 0 fully saturated rings. The molecule has 1 atom stereocenters. The first-order valence-electron chi connectivity index (χ1n) is 7.30. The van der Waals surface area contributed by atoms with Crippen molar-refractivity contribution in [2.24, 2.45) is 0 Å². The molecule has 25 heavy (non-hydrogen) atoms. The maximum absolute atomic E-state index is 14.0. The summed E-state index contributed by atoms with van der Waals surface area (Å²) in [7, 11) is -4.08. The molecule has 0 radical (unpaired) electrons. The van der Waals surface area contributed by atoms with Crippen LogP contribution >= 0.6 is 15.9 Å². The Morgan fingerprint density at radius 2 is 1.96 bits per heavy atom. The van der Waals surface area contributed by atoms with E-state index in [2.05, 4.69) is 30.7 Å². The van der Waals surface area contributed by atoms with Gasteiger partial charge < -0.3 is 0 Å². The van der Waals surface area contributed by atoms with Crippen LogP contribution < -0.4 is 4.72 Å². The van der Waals surface area contributed by atoms with Crippen LogP contribution in [0, 0.1) is 5.82 Å². The maximum Gasteiger partial charge on any atom is 0.244 e. The van der Waals surface area contributed by atoms with E-state index in [9.17, 15) is 12.8 Å². The molecule has 6 nitrogen and oxygen atoms in total. The molecule has 0 spiro atoms. The van der Waals surface area contributed by atoms with E-state index in [1.807, 2.05) is 6.07 Å². The van der Waals surface area contributed by atoms with Crippen molar-refractivity contribution in [2.45, 2.75) is 17.5 Å². The summed E-state index contributed by atoms with van der Waals surface area (Å²) < 4.78 is 44.0. The van der Waals surface area contributed by atoms with E-state index in [-0.39, 0.29) is 6.54 Å². The van der Waals surface area contributed by atoms with Crippen LogP contribution in [0.4, 0.5) is 4.39 Å². The molecule has 1 unspecified atom stereocenters. The number of hydrogen-bond acceptors (Lipinski definition) is 4. The molecule has 0 aliphatic heterocycles. The Kier molecular flexibility index (Phi) is 5.26. The third kappa shape index (κ3) is 4.30. The highest BCUT2D eigenvalue weighted by molar-refractivity contribution is 9.10. The standard InChI is InChI=1S/C16H14BrFN4O2S/c17-13-6-7-14(18)16(8-13)25(23,24)21-15(9-22-11-19-10-20-22)12-4-2-1-3-5-12/h1-8,10-11,15,21H,9H2. The molecule has 1 N–H and O–H groups in total. The SMILES string of the molecule is O=S(=O)(NC(Cn1cncn1)c1ccccc1)c1cc(Br)ccc1F. The van der Waals surface area contributed by atoms with Crippen LogP contribution in [-0.2, 0) is 16.6 Å². The van der Waals surface area contributed by atoms with Crippen LogP contribution in [0.25, 0.3) is 0 Å². The van der Waals surface area contributed by atoms with E-state index in [1.165, 1.54) is 29.5 Å². The zero-order chi connectivity index (χ0) is 17.9. The van der Waals surface area contributed by atoms with Crippen molar-refractivity contribution in [1.29, 1.82) is 0 Å². The van der Waals surface area contributed by atoms with Crippen molar-refractivity contribution in [1.82, 2.24) is 19.5 Å². The topological polar surface area (TPSA) is 76.9 Å². The van der Waals surface area contributed by atoms with E-state index in [0.29, 0.717) is 4.47 Å². The predicted molar refractivity (Wildman–Crippen MR) is 93.6 cm³/mol. The molecular weight excluding hydrogens is 411 g/mol. The fourth-order valence-electron chi connectivity index (χ4n) is 2.34. The summed E-state index contributed by atoms with van der Waals surface area (Å²) in [5.74, 6) is -0.816. The Bertz CT molecular complexity index is 950. The number of nitrogens with zero attached hydrogens (tertiary/aromatic N) is 3. The van der Waals surface area contributed by atoms with Crippen LogP contribution in [0.1, 0.15) is 11.6 Å². The molecule has 0 bridgehead atoms. The fraction of sp³-hybridized carbons (Fsp3) is 0.125. The monoisotopic (exact) mass is 424 g/mol. The molecule has 0 aliphatic rings. The largest absolute Gasteiger partial charge is 0.251 e. The number of sulfonamides is 1. The summed E-state index contributed by atoms with van der Waals surface area (Å²) in [4.78, 5) is 3.44. The Hall–Kier alpha value is -2.10. The van der Waals surface area contributed by atoms with E-state index < -0.39 is 26.8 Å². The third-order valence-corrected chi connectivity index (χ3v) is 5.50.